The summed E-state index contributed by atoms with van der Waals surface area (Å²) in [5.74, 6) is -1.90. The molecule has 3 N–H and O–H groups in total. The van der Waals surface area contributed by atoms with Crippen LogP contribution in [0.2, 0.25) is 0 Å². The van der Waals surface area contributed by atoms with Crippen molar-refractivity contribution < 1.29 is 33.4 Å². The number of carbonyl (C=O) groups excluding carboxylic acids is 4. The van der Waals surface area contributed by atoms with Crippen molar-refractivity contribution in [3.63, 3.8) is 0 Å². The minimum absolute atomic E-state index is 0.128. The average molecular weight is 571 g/mol. The Bertz CT molecular complexity index is 1290. The van der Waals surface area contributed by atoms with Gasteiger partial charge in [-0.15, -0.1) is 11.3 Å². The number of rotatable bonds is 14. The van der Waals surface area contributed by atoms with Gasteiger partial charge in [-0.2, -0.15) is 0 Å². The first kappa shape index (κ1) is 30.4. The third-order valence-corrected chi connectivity index (χ3v) is 6.51. The van der Waals surface area contributed by atoms with Crippen LogP contribution in [0, 0.1) is 12.8 Å². The van der Waals surface area contributed by atoms with Crippen LogP contribution in [-0.4, -0.2) is 61.8 Å². The number of thiazole rings is 1. The number of amides is 3. The van der Waals surface area contributed by atoms with Gasteiger partial charge in [-0.1, -0.05) is 12.1 Å². The SMILES string of the molecule is CCOC(=O)C(Cc1ccc(OCCNC(=O)NCCC(=O)Nc2ccc3nc(C)sc3c2)cc1)C(=O)OCC. The van der Waals surface area contributed by atoms with Crippen LogP contribution in [0.3, 0.4) is 0 Å². The zero-order chi connectivity index (χ0) is 28.9. The number of fused-ring (bicyclic) bond motifs is 1. The maximum atomic E-state index is 12.2. The van der Waals surface area contributed by atoms with Crippen LogP contribution in [0.1, 0.15) is 30.8 Å². The Morgan fingerprint density at radius 3 is 2.27 bits per heavy atom. The molecule has 40 heavy (non-hydrogen) atoms. The molecule has 0 aliphatic rings. The molecule has 3 aromatic rings. The van der Waals surface area contributed by atoms with E-state index in [1.165, 1.54) is 0 Å². The zero-order valence-corrected chi connectivity index (χ0v) is 23.6. The van der Waals surface area contributed by atoms with Gasteiger partial charge in [0.1, 0.15) is 12.4 Å². The highest BCUT2D eigenvalue weighted by molar-refractivity contribution is 7.18. The van der Waals surface area contributed by atoms with Crippen molar-refractivity contribution in [1.82, 2.24) is 15.6 Å². The van der Waals surface area contributed by atoms with E-state index in [1.807, 2.05) is 19.1 Å². The number of benzene rings is 2. The highest BCUT2D eigenvalue weighted by Gasteiger charge is 2.29. The van der Waals surface area contributed by atoms with E-state index in [0.717, 1.165) is 20.8 Å². The van der Waals surface area contributed by atoms with E-state index in [0.29, 0.717) is 11.4 Å². The first-order chi connectivity index (χ1) is 19.3. The second-order valence-corrected chi connectivity index (χ2v) is 9.88. The molecule has 11 nitrogen and oxygen atoms in total. The van der Waals surface area contributed by atoms with E-state index in [9.17, 15) is 19.2 Å². The molecule has 3 amide bonds. The molecule has 0 unspecified atom stereocenters. The highest BCUT2D eigenvalue weighted by atomic mass is 32.1. The maximum Gasteiger partial charge on any atom is 0.320 e. The van der Waals surface area contributed by atoms with Crippen molar-refractivity contribution >= 4 is 51.1 Å². The zero-order valence-electron chi connectivity index (χ0n) is 22.8. The van der Waals surface area contributed by atoms with E-state index in [-0.39, 0.29) is 51.7 Å². The average Bonchev–Trinajstić information content (AvgIpc) is 3.30. The van der Waals surface area contributed by atoms with Gasteiger partial charge in [0.05, 0.1) is 35.0 Å². The molecule has 0 saturated carbocycles. The summed E-state index contributed by atoms with van der Waals surface area (Å²) in [6, 6.07) is 12.1. The second-order valence-electron chi connectivity index (χ2n) is 8.65. The van der Waals surface area contributed by atoms with Crippen molar-refractivity contribution in [1.29, 1.82) is 0 Å². The van der Waals surface area contributed by atoms with Crippen LogP contribution in [-0.2, 0) is 30.3 Å². The summed E-state index contributed by atoms with van der Waals surface area (Å²) in [6.45, 7) is 6.30. The molecule has 0 atom stereocenters. The fourth-order valence-corrected chi connectivity index (χ4v) is 4.60. The number of anilines is 1. The smallest absolute Gasteiger partial charge is 0.320 e. The molecule has 1 heterocycles. The number of urea groups is 1. The number of aromatic nitrogens is 1. The summed E-state index contributed by atoms with van der Waals surface area (Å²) in [4.78, 5) is 52.9. The predicted octanol–water partition coefficient (Wildman–Crippen LogP) is 3.60. The molecule has 12 heteroatoms. The van der Waals surface area contributed by atoms with Gasteiger partial charge >= 0.3 is 18.0 Å². The first-order valence-corrected chi connectivity index (χ1v) is 13.8. The van der Waals surface area contributed by atoms with Gasteiger partial charge in [0.2, 0.25) is 5.91 Å². The molecule has 0 radical (unpaired) electrons. The number of aryl methyl sites for hydroxylation is 1. The van der Waals surface area contributed by atoms with E-state index in [2.05, 4.69) is 20.9 Å². The van der Waals surface area contributed by atoms with E-state index in [4.69, 9.17) is 14.2 Å². The van der Waals surface area contributed by atoms with Gasteiger partial charge < -0.3 is 30.2 Å². The lowest BCUT2D eigenvalue weighted by Crippen LogP contribution is -2.38. The number of esters is 2. The number of nitrogens with one attached hydrogen (secondary N) is 3. The second kappa shape index (κ2) is 15.4. The van der Waals surface area contributed by atoms with Crippen LogP contribution >= 0.6 is 11.3 Å². The van der Waals surface area contributed by atoms with E-state index < -0.39 is 23.9 Å². The number of nitrogens with zero attached hydrogens (tertiary/aromatic N) is 1. The summed E-state index contributed by atoms with van der Waals surface area (Å²) < 4.78 is 16.6. The summed E-state index contributed by atoms with van der Waals surface area (Å²) in [5.41, 5.74) is 2.34. The molecule has 0 spiro atoms. The summed E-state index contributed by atoms with van der Waals surface area (Å²) in [5, 5.41) is 9.10. The number of carbonyl (C=O) groups is 4. The largest absolute Gasteiger partial charge is 0.492 e. The Labute approximate surface area is 236 Å². The topological polar surface area (TPSA) is 145 Å². The Morgan fingerprint density at radius 1 is 0.925 bits per heavy atom. The monoisotopic (exact) mass is 570 g/mol. The third kappa shape index (κ3) is 9.53. The number of hydrogen-bond donors (Lipinski definition) is 3. The molecule has 0 saturated heterocycles. The minimum Gasteiger partial charge on any atom is -0.492 e. The molecule has 2 aromatic carbocycles. The van der Waals surface area contributed by atoms with Crippen LogP contribution in [0.4, 0.5) is 10.5 Å². The molecule has 0 fully saturated rings. The van der Waals surface area contributed by atoms with Gasteiger partial charge in [0, 0.05) is 18.7 Å². The maximum absolute atomic E-state index is 12.2. The number of ether oxygens (including phenoxy) is 3. The van der Waals surface area contributed by atoms with Crippen molar-refractivity contribution in [2.75, 3.05) is 38.2 Å². The fourth-order valence-electron chi connectivity index (χ4n) is 3.73. The van der Waals surface area contributed by atoms with Gasteiger partial charge in [0.25, 0.3) is 0 Å². The minimum atomic E-state index is -1.03. The first-order valence-electron chi connectivity index (χ1n) is 13.0. The summed E-state index contributed by atoms with van der Waals surface area (Å²) in [7, 11) is 0. The third-order valence-electron chi connectivity index (χ3n) is 5.58. The lowest BCUT2D eigenvalue weighted by molar-refractivity contribution is -0.161. The quantitative estimate of drug-likeness (QED) is 0.151. The van der Waals surface area contributed by atoms with Crippen molar-refractivity contribution in [2.24, 2.45) is 5.92 Å². The van der Waals surface area contributed by atoms with E-state index >= 15 is 0 Å². The van der Waals surface area contributed by atoms with E-state index in [1.54, 1.807) is 55.5 Å². The van der Waals surface area contributed by atoms with Crippen LogP contribution in [0.25, 0.3) is 10.2 Å². The predicted molar refractivity (Wildman–Crippen MR) is 151 cm³/mol. The molecule has 214 valence electrons. The van der Waals surface area contributed by atoms with Crippen molar-refractivity contribution in [2.45, 2.75) is 33.6 Å². The lowest BCUT2D eigenvalue weighted by atomic mass is 9.99. The van der Waals surface area contributed by atoms with Crippen LogP contribution in [0.15, 0.2) is 42.5 Å². The van der Waals surface area contributed by atoms with Gasteiger partial charge in [-0.25, -0.2) is 9.78 Å². The molecule has 0 aliphatic carbocycles. The standard InChI is InChI=1S/C28H34N4O7S/c1-4-37-26(34)22(27(35)38-5-2)16-19-6-9-21(10-7-19)39-15-14-30-28(36)29-13-12-25(33)32-20-8-11-23-24(17-20)40-18(3)31-23/h6-11,17,22H,4-5,12-16H2,1-3H3,(H,32,33)(H2,29,30,36). The molecule has 1 aromatic heterocycles. The van der Waals surface area contributed by atoms with Crippen LogP contribution in [0.5, 0.6) is 5.75 Å². The number of hydrogen-bond acceptors (Lipinski definition) is 9. The Kier molecular flexibility index (Phi) is 11.7. The van der Waals surface area contributed by atoms with Gasteiger partial charge in [0.15, 0.2) is 5.92 Å². The molecule has 3 rings (SSSR count). The van der Waals surface area contributed by atoms with Gasteiger partial charge in [-0.05, 0) is 63.1 Å². The lowest BCUT2D eigenvalue weighted by Gasteiger charge is -2.15. The van der Waals surface area contributed by atoms with Crippen molar-refractivity contribution in [3.05, 3.63) is 53.0 Å². The molecule has 0 bridgehead atoms. The Morgan fingerprint density at radius 2 is 1.60 bits per heavy atom. The summed E-state index contributed by atoms with van der Waals surface area (Å²) >= 11 is 1.56. The normalized spacial score (nSPS) is 10.7. The summed E-state index contributed by atoms with van der Waals surface area (Å²) in [6.07, 6.45) is 0.280. The molecular formula is C28H34N4O7S. The molecular weight excluding hydrogens is 536 g/mol. The highest BCUT2D eigenvalue weighted by Crippen LogP contribution is 2.24. The molecule has 0 aliphatic heterocycles. The Hall–Kier alpha value is -4.19. The fraction of sp³-hybridized carbons (Fsp3) is 0.393. The Balaban J connectivity index is 1.32. The van der Waals surface area contributed by atoms with Crippen LogP contribution < -0.4 is 20.7 Å². The van der Waals surface area contributed by atoms with Gasteiger partial charge in [-0.3, -0.25) is 14.4 Å². The van der Waals surface area contributed by atoms with Crippen molar-refractivity contribution in [3.8, 4) is 5.75 Å².